The molecule has 170 valence electrons. The number of rotatable bonds is 9. The molecule has 2 amide bonds. The average molecular weight is 463 g/mol. The molecule has 1 aromatic rings. The van der Waals surface area contributed by atoms with Gasteiger partial charge in [-0.1, -0.05) is 17.3 Å². The van der Waals surface area contributed by atoms with Crippen molar-refractivity contribution in [2.75, 3.05) is 19.5 Å². The Hall–Kier alpha value is -3.54. The molecular weight excluding hydrogens is 442 g/mol. The van der Waals surface area contributed by atoms with E-state index in [1.165, 1.54) is 18.7 Å². The number of thioether (sulfide) groups is 1. The number of β-lactam (4-membered cyclic amide) rings is 1. The third-order valence-corrected chi connectivity index (χ3v) is 5.97. The van der Waals surface area contributed by atoms with Crippen molar-refractivity contribution in [2.24, 2.45) is 5.16 Å². The Balaban J connectivity index is 1.53. The van der Waals surface area contributed by atoms with Gasteiger partial charge in [-0.25, -0.2) is 4.79 Å². The summed E-state index contributed by atoms with van der Waals surface area (Å²) >= 11 is 1.27. The normalized spacial score (nSPS) is 19.8. The highest BCUT2D eigenvalue weighted by Gasteiger charge is 2.54. The Bertz CT molecular complexity index is 976. The first-order valence-electron chi connectivity index (χ1n) is 9.44. The minimum absolute atomic E-state index is 0.139. The Morgan fingerprint density at radius 1 is 1.28 bits per heavy atom. The van der Waals surface area contributed by atoms with E-state index in [0.717, 1.165) is 16.7 Å². The summed E-state index contributed by atoms with van der Waals surface area (Å²) < 4.78 is 9.94. The van der Waals surface area contributed by atoms with Gasteiger partial charge in [-0.05, 0) is 17.7 Å². The molecule has 2 aliphatic rings. The predicted molar refractivity (Wildman–Crippen MR) is 113 cm³/mol. The molecule has 0 bridgehead atoms. The maximum atomic E-state index is 12.5. The van der Waals surface area contributed by atoms with E-state index in [1.807, 2.05) is 0 Å². The number of carboxylic acid groups (broad SMARTS) is 1. The van der Waals surface area contributed by atoms with Crippen LogP contribution in [0, 0.1) is 0 Å². The fraction of sp³-hybridized carbons (Fsp3) is 0.350. The SMILES string of the molecule is COc1ccc(CO/N=C/C(=O)N[C@@H]2C(=O)N3C(C(=O)O)=C(COC(C)=O)CSC23)cc1. The van der Waals surface area contributed by atoms with Crippen LogP contribution < -0.4 is 10.1 Å². The van der Waals surface area contributed by atoms with Crippen LogP contribution in [0.3, 0.4) is 0 Å². The van der Waals surface area contributed by atoms with Gasteiger partial charge in [-0.3, -0.25) is 19.3 Å². The quantitative estimate of drug-likeness (QED) is 0.231. The third-order valence-electron chi connectivity index (χ3n) is 4.63. The van der Waals surface area contributed by atoms with E-state index < -0.39 is 35.2 Å². The maximum Gasteiger partial charge on any atom is 0.352 e. The van der Waals surface area contributed by atoms with Gasteiger partial charge in [0.2, 0.25) is 0 Å². The molecule has 0 radical (unpaired) electrons. The molecule has 0 aliphatic carbocycles. The summed E-state index contributed by atoms with van der Waals surface area (Å²) in [6.07, 6.45) is 0.910. The number of fused-ring (bicyclic) bond motifs is 1. The summed E-state index contributed by atoms with van der Waals surface area (Å²) in [5.74, 6) is -2.12. The summed E-state index contributed by atoms with van der Waals surface area (Å²) in [6, 6.07) is 6.22. The van der Waals surface area contributed by atoms with E-state index in [0.29, 0.717) is 11.3 Å². The first-order chi connectivity index (χ1) is 15.3. The molecule has 2 N–H and O–H groups in total. The lowest BCUT2D eigenvalue weighted by Crippen LogP contribution is -2.70. The van der Waals surface area contributed by atoms with Crippen molar-refractivity contribution in [2.45, 2.75) is 24.9 Å². The number of ether oxygens (including phenoxy) is 2. The number of esters is 1. The smallest absolute Gasteiger partial charge is 0.352 e. The van der Waals surface area contributed by atoms with Gasteiger partial charge >= 0.3 is 11.9 Å². The summed E-state index contributed by atoms with van der Waals surface area (Å²) in [5, 5.41) is 15.0. The number of benzene rings is 1. The summed E-state index contributed by atoms with van der Waals surface area (Å²) in [7, 11) is 1.56. The van der Waals surface area contributed by atoms with E-state index in [2.05, 4.69) is 10.5 Å². The van der Waals surface area contributed by atoms with Crippen molar-refractivity contribution < 1.29 is 38.6 Å². The van der Waals surface area contributed by atoms with Gasteiger partial charge in [-0.2, -0.15) is 0 Å². The number of methoxy groups -OCH3 is 1. The standard InChI is InChI=1S/C20H21N3O8S/c1-11(24)30-9-13-10-32-19-16(18(26)23(19)17(13)20(27)28)22-15(25)7-21-31-8-12-3-5-14(29-2)6-4-12/h3-7,16,19H,8-10H2,1-2H3,(H,22,25)(H,27,28)/b21-7+/t16-,19?/m1/s1. The van der Waals surface area contributed by atoms with Gasteiger partial charge in [0.05, 0.1) is 7.11 Å². The van der Waals surface area contributed by atoms with Gasteiger partial charge in [0.25, 0.3) is 11.8 Å². The Labute approximate surface area is 187 Å². The number of carbonyl (C=O) groups is 4. The number of carboxylic acids is 1. The Kier molecular flexibility index (Phi) is 7.36. The molecule has 1 aromatic carbocycles. The zero-order chi connectivity index (χ0) is 23.3. The lowest BCUT2D eigenvalue weighted by atomic mass is 10.0. The molecule has 2 atom stereocenters. The number of aliphatic carboxylic acids is 1. The van der Waals surface area contributed by atoms with Crippen LogP contribution in [-0.4, -0.2) is 70.9 Å². The van der Waals surface area contributed by atoms with Crippen molar-refractivity contribution in [1.82, 2.24) is 10.2 Å². The number of amides is 2. The first-order valence-corrected chi connectivity index (χ1v) is 10.5. The van der Waals surface area contributed by atoms with Crippen molar-refractivity contribution in [1.29, 1.82) is 0 Å². The number of nitrogens with zero attached hydrogens (tertiary/aromatic N) is 2. The lowest BCUT2D eigenvalue weighted by Gasteiger charge is -2.49. The molecule has 1 unspecified atom stereocenters. The second kappa shape index (κ2) is 10.2. The minimum atomic E-state index is -1.30. The second-order valence-electron chi connectivity index (χ2n) is 6.79. The largest absolute Gasteiger partial charge is 0.497 e. The van der Waals surface area contributed by atoms with Gasteiger partial charge in [-0.15, -0.1) is 11.8 Å². The highest BCUT2D eigenvalue weighted by Crippen LogP contribution is 2.40. The highest BCUT2D eigenvalue weighted by atomic mass is 32.2. The van der Waals surface area contributed by atoms with Crippen molar-refractivity contribution in [3.8, 4) is 5.75 Å². The zero-order valence-electron chi connectivity index (χ0n) is 17.3. The average Bonchev–Trinajstić information content (AvgIpc) is 2.78. The van der Waals surface area contributed by atoms with Crippen molar-refractivity contribution >= 4 is 41.7 Å². The van der Waals surface area contributed by atoms with Crippen LogP contribution in [0.5, 0.6) is 5.75 Å². The maximum absolute atomic E-state index is 12.5. The molecule has 1 saturated heterocycles. The van der Waals surface area contributed by atoms with E-state index in [4.69, 9.17) is 14.3 Å². The highest BCUT2D eigenvalue weighted by molar-refractivity contribution is 8.00. The van der Waals surface area contributed by atoms with Crippen LogP contribution in [0.15, 0.2) is 40.7 Å². The fourth-order valence-electron chi connectivity index (χ4n) is 3.09. The van der Waals surface area contributed by atoms with Gasteiger partial charge < -0.3 is 24.7 Å². The van der Waals surface area contributed by atoms with Crippen LogP contribution in [0.25, 0.3) is 0 Å². The number of hydrogen-bond acceptors (Lipinski definition) is 9. The van der Waals surface area contributed by atoms with E-state index >= 15 is 0 Å². The summed E-state index contributed by atoms with van der Waals surface area (Å²) in [6.45, 7) is 1.14. The minimum Gasteiger partial charge on any atom is -0.497 e. The number of hydrogen-bond donors (Lipinski definition) is 2. The molecule has 2 aliphatic heterocycles. The van der Waals surface area contributed by atoms with Crippen LogP contribution in [0.1, 0.15) is 12.5 Å². The zero-order valence-corrected chi connectivity index (χ0v) is 18.1. The first kappa shape index (κ1) is 23.1. The molecular formula is C20H21N3O8S. The van der Waals surface area contributed by atoms with Crippen LogP contribution in [-0.2, 0) is 35.4 Å². The van der Waals surface area contributed by atoms with Gasteiger partial charge in [0.1, 0.15) is 42.3 Å². The van der Waals surface area contributed by atoms with Crippen LogP contribution >= 0.6 is 11.8 Å². The van der Waals surface area contributed by atoms with Crippen LogP contribution in [0.2, 0.25) is 0 Å². The number of oxime groups is 1. The Morgan fingerprint density at radius 3 is 2.62 bits per heavy atom. The van der Waals surface area contributed by atoms with Crippen molar-refractivity contribution in [3.63, 3.8) is 0 Å². The topological polar surface area (TPSA) is 144 Å². The molecule has 2 heterocycles. The fourth-order valence-corrected chi connectivity index (χ4v) is 4.42. The number of nitrogens with one attached hydrogen (secondary N) is 1. The molecule has 0 saturated carbocycles. The molecule has 12 heteroatoms. The molecule has 32 heavy (non-hydrogen) atoms. The third kappa shape index (κ3) is 5.19. The Morgan fingerprint density at radius 2 is 2.00 bits per heavy atom. The molecule has 11 nitrogen and oxygen atoms in total. The van der Waals surface area contributed by atoms with Gasteiger partial charge in [0.15, 0.2) is 0 Å². The van der Waals surface area contributed by atoms with Crippen molar-refractivity contribution in [3.05, 3.63) is 41.1 Å². The summed E-state index contributed by atoms with van der Waals surface area (Å²) in [4.78, 5) is 53.5. The van der Waals surface area contributed by atoms with Gasteiger partial charge in [0, 0.05) is 18.2 Å². The van der Waals surface area contributed by atoms with E-state index in [-0.39, 0.29) is 24.7 Å². The molecule has 0 aromatic heterocycles. The molecule has 1 fully saturated rings. The monoisotopic (exact) mass is 463 g/mol. The summed E-state index contributed by atoms with van der Waals surface area (Å²) in [5.41, 5.74) is 0.923. The van der Waals surface area contributed by atoms with E-state index in [9.17, 15) is 24.3 Å². The molecule has 3 rings (SSSR count). The molecule has 0 spiro atoms. The van der Waals surface area contributed by atoms with E-state index in [1.54, 1.807) is 31.4 Å². The number of carbonyl (C=O) groups excluding carboxylic acids is 3. The lowest BCUT2D eigenvalue weighted by molar-refractivity contribution is -0.150. The van der Waals surface area contributed by atoms with Crippen LogP contribution in [0.4, 0.5) is 0 Å². The predicted octanol–water partition coefficient (Wildman–Crippen LogP) is 0.499. The second-order valence-corrected chi connectivity index (χ2v) is 7.89.